The van der Waals surface area contributed by atoms with Crippen LogP contribution < -0.4 is 0 Å². The van der Waals surface area contributed by atoms with Gasteiger partial charge in [-0.25, -0.2) is 9.18 Å². The summed E-state index contributed by atoms with van der Waals surface area (Å²) in [5, 5.41) is 3.94. The van der Waals surface area contributed by atoms with E-state index in [4.69, 9.17) is 4.52 Å². The number of benzene rings is 1. The summed E-state index contributed by atoms with van der Waals surface area (Å²) in [6.45, 7) is 0.677. The molecule has 1 fully saturated rings. The van der Waals surface area contributed by atoms with Crippen molar-refractivity contribution in [3.05, 3.63) is 36.0 Å². The molecule has 1 atom stereocenters. The summed E-state index contributed by atoms with van der Waals surface area (Å²) in [5.74, 6) is 0.511. The van der Waals surface area contributed by atoms with Gasteiger partial charge in [-0.05, 0) is 37.1 Å². The van der Waals surface area contributed by atoms with Crippen molar-refractivity contribution in [2.75, 3.05) is 20.6 Å². The van der Waals surface area contributed by atoms with Crippen LogP contribution >= 0.6 is 0 Å². The van der Waals surface area contributed by atoms with Crippen molar-refractivity contribution in [2.45, 2.75) is 18.9 Å². The molecule has 2 amide bonds. The number of nitrogens with zero attached hydrogens (tertiary/aromatic N) is 4. The average Bonchev–Trinajstić information content (AvgIpc) is 3.15. The van der Waals surface area contributed by atoms with Crippen LogP contribution in [0, 0.1) is 5.82 Å². The number of amides is 2. The van der Waals surface area contributed by atoms with E-state index >= 15 is 0 Å². The van der Waals surface area contributed by atoms with E-state index in [1.54, 1.807) is 31.1 Å². The number of hydrogen-bond donors (Lipinski definition) is 0. The van der Waals surface area contributed by atoms with Crippen molar-refractivity contribution >= 4 is 6.03 Å². The van der Waals surface area contributed by atoms with Crippen molar-refractivity contribution in [3.8, 4) is 11.4 Å². The summed E-state index contributed by atoms with van der Waals surface area (Å²) in [7, 11) is 3.44. The molecule has 1 saturated heterocycles. The van der Waals surface area contributed by atoms with Gasteiger partial charge in [-0.15, -0.1) is 0 Å². The Morgan fingerprint density at radius 1 is 1.36 bits per heavy atom. The first-order chi connectivity index (χ1) is 10.6. The molecule has 6 nitrogen and oxygen atoms in total. The molecule has 116 valence electrons. The van der Waals surface area contributed by atoms with E-state index in [9.17, 15) is 9.18 Å². The third-order valence-electron chi connectivity index (χ3n) is 3.71. The van der Waals surface area contributed by atoms with Crippen molar-refractivity contribution in [2.24, 2.45) is 0 Å². The van der Waals surface area contributed by atoms with E-state index in [-0.39, 0.29) is 17.9 Å². The van der Waals surface area contributed by atoms with Crippen molar-refractivity contribution in [3.63, 3.8) is 0 Å². The fourth-order valence-corrected chi connectivity index (χ4v) is 2.60. The molecule has 22 heavy (non-hydrogen) atoms. The van der Waals surface area contributed by atoms with Crippen molar-refractivity contribution < 1.29 is 13.7 Å². The van der Waals surface area contributed by atoms with Gasteiger partial charge in [0, 0.05) is 26.2 Å². The van der Waals surface area contributed by atoms with Crippen LogP contribution in [0.15, 0.2) is 28.8 Å². The predicted molar refractivity (Wildman–Crippen MR) is 77.5 cm³/mol. The molecule has 2 heterocycles. The fourth-order valence-electron chi connectivity index (χ4n) is 2.60. The summed E-state index contributed by atoms with van der Waals surface area (Å²) >= 11 is 0. The number of aromatic nitrogens is 2. The second-order valence-electron chi connectivity index (χ2n) is 5.49. The van der Waals surface area contributed by atoms with Gasteiger partial charge in [0.05, 0.1) is 0 Å². The third kappa shape index (κ3) is 2.66. The summed E-state index contributed by atoms with van der Waals surface area (Å²) < 4.78 is 18.3. The fraction of sp³-hybridized carbons (Fsp3) is 0.400. The molecule has 0 saturated carbocycles. The summed E-state index contributed by atoms with van der Waals surface area (Å²) in [4.78, 5) is 19.8. The molecule has 7 heteroatoms. The molecule has 2 aromatic rings. The second-order valence-corrected chi connectivity index (χ2v) is 5.49. The highest BCUT2D eigenvalue weighted by molar-refractivity contribution is 5.74. The SMILES string of the molecule is CN(C)C(=O)N1CCCC1c1nc(-c2ccc(F)cc2)no1. The lowest BCUT2D eigenvalue weighted by Crippen LogP contribution is -2.38. The number of halogens is 1. The van der Waals surface area contributed by atoms with Crippen LogP contribution in [-0.2, 0) is 0 Å². The Bertz CT molecular complexity index is 668. The van der Waals surface area contributed by atoms with Gasteiger partial charge < -0.3 is 14.3 Å². The zero-order valence-electron chi connectivity index (χ0n) is 12.5. The molecule has 1 aliphatic rings. The minimum Gasteiger partial charge on any atom is -0.337 e. The molecule has 0 spiro atoms. The highest BCUT2D eigenvalue weighted by Crippen LogP contribution is 2.32. The smallest absolute Gasteiger partial charge is 0.320 e. The van der Waals surface area contributed by atoms with Gasteiger partial charge in [-0.3, -0.25) is 0 Å². The zero-order valence-corrected chi connectivity index (χ0v) is 12.5. The Labute approximate surface area is 127 Å². The Hall–Kier alpha value is -2.44. The van der Waals surface area contributed by atoms with Crippen LogP contribution in [0.25, 0.3) is 11.4 Å². The van der Waals surface area contributed by atoms with E-state index in [1.165, 1.54) is 17.0 Å². The first kappa shape index (κ1) is 14.5. The van der Waals surface area contributed by atoms with Gasteiger partial charge in [0.1, 0.15) is 11.9 Å². The van der Waals surface area contributed by atoms with E-state index in [1.807, 2.05) is 0 Å². The van der Waals surface area contributed by atoms with Gasteiger partial charge >= 0.3 is 6.03 Å². The third-order valence-corrected chi connectivity index (χ3v) is 3.71. The van der Waals surface area contributed by atoms with Gasteiger partial charge in [0.15, 0.2) is 0 Å². The van der Waals surface area contributed by atoms with Gasteiger partial charge in [0.2, 0.25) is 11.7 Å². The lowest BCUT2D eigenvalue weighted by molar-refractivity contribution is 0.156. The summed E-state index contributed by atoms with van der Waals surface area (Å²) in [5.41, 5.74) is 0.680. The monoisotopic (exact) mass is 304 g/mol. The first-order valence-corrected chi connectivity index (χ1v) is 7.13. The largest absolute Gasteiger partial charge is 0.337 e. The number of carbonyl (C=O) groups is 1. The number of likely N-dealkylation sites (tertiary alicyclic amines) is 1. The Morgan fingerprint density at radius 3 is 2.77 bits per heavy atom. The Balaban J connectivity index is 1.84. The number of carbonyl (C=O) groups excluding carboxylic acids is 1. The van der Waals surface area contributed by atoms with E-state index in [0.717, 1.165) is 12.8 Å². The summed E-state index contributed by atoms with van der Waals surface area (Å²) in [6, 6.07) is 5.63. The highest BCUT2D eigenvalue weighted by Gasteiger charge is 2.34. The van der Waals surface area contributed by atoms with Gasteiger partial charge in [-0.1, -0.05) is 5.16 Å². The number of urea groups is 1. The zero-order chi connectivity index (χ0) is 15.7. The molecule has 0 N–H and O–H groups in total. The minimum atomic E-state index is -0.314. The minimum absolute atomic E-state index is 0.0657. The van der Waals surface area contributed by atoms with Crippen LogP contribution in [0.3, 0.4) is 0 Å². The Morgan fingerprint density at radius 2 is 2.09 bits per heavy atom. The standard InChI is InChI=1S/C15H17FN4O2/c1-19(2)15(21)20-9-3-4-12(20)14-17-13(18-22-14)10-5-7-11(16)8-6-10/h5-8,12H,3-4,9H2,1-2H3. The second kappa shape index (κ2) is 5.75. The lowest BCUT2D eigenvalue weighted by Gasteiger charge is -2.25. The molecule has 1 aromatic carbocycles. The molecule has 0 aliphatic carbocycles. The van der Waals surface area contributed by atoms with Crippen molar-refractivity contribution in [1.82, 2.24) is 19.9 Å². The quantitative estimate of drug-likeness (QED) is 0.856. The van der Waals surface area contributed by atoms with Crippen LogP contribution in [0.2, 0.25) is 0 Å². The highest BCUT2D eigenvalue weighted by atomic mass is 19.1. The van der Waals surface area contributed by atoms with Crippen molar-refractivity contribution in [1.29, 1.82) is 0 Å². The Kier molecular flexibility index (Phi) is 3.79. The van der Waals surface area contributed by atoms with Crippen LogP contribution in [0.4, 0.5) is 9.18 Å². The van der Waals surface area contributed by atoms with Crippen LogP contribution in [0.1, 0.15) is 24.8 Å². The number of rotatable bonds is 2. The average molecular weight is 304 g/mol. The summed E-state index contributed by atoms with van der Waals surface area (Å²) in [6.07, 6.45) is 1.70. The van der Waals surface area contributed by atoms with E-state index < -0.39 is 0 Å². The molecular formula is C15H17FN4O2. The van der Waals surface area contributed by atoms with E-state index in [2.05, 4.69) is 10.1 Å². The van der Waals surface area contributed by atoms with E-state index in [0.29, 0.717) is 23.8 Å². The van der Waals surface area contributed by atoms with Gasteiger partial charge in [0.25, 0.3) is 0 Å². The molecule has 3 rings (SSSR count). The molecule has 0 radical (unpaired) electrons. The predicted octanol–water partition coefficient (Wildman–Crippen LogP) is 2.69. The maximum absolute atomic E-state index is 13.0. The molecular weight excluding hydrogens is 287 g/mol. The van der Waals surface area contributed by atoms with Crippen LogP contribution in [-0.4, -0.2) is 46.6 Å². The van der Waals surface area contributed by atoms with Gasteiger partial charge in [-0.2, -0.15) is 4.98 Å². The van der Waals surface area contributed by atoms with Crippen LogP contribution in [0.5, 0.6) is 0 Å². The molecule has 1 aliphatic heterocycles. The number of hydrogen-bond acceptors (Lipinski definition) is 4. The maximum atomic E-state index is 13.0. The first-order valence-electron chi connectivity index (χ1n) is 7.13. The topological polar surface area (TPSA) is 62.5 Å². The lowest BCUT2D eigenvalue weighted by atomic mass is 10.2. The molecule has 0 bridgehead atoms. The molecule has 1 unspecified atom stereocenters. The maximum Gasteiger partial charge on any atom is 0.320 e. The molecule has 1 aromatic heterocycles. The normalized spacial score (nSPS) is 17.8.